The predicted octanol–water partition coefficient (Wildman–Crippen LogP) is 3.55. The Balaban J connectivity index is 3.02. The van der Waals surface area contributed by atoms with Crippen LogP contribution in [0.2, 0.25) is 4.34 Å². The van der Waals surface area contributed by atoms with E-state index in [0.717, 1.165) is 10.4 Å². The average Bonchev–Trinajstić information content (AvgIpc) is 2.28. The molecule has 0 spiro atoms. The SMILES string of the molecule is Cc1cc(Cl)sc1C(=O)C(C)C. The molecule has 0 bridgehead atoms. The topological polar surface area (TPSA) is 17.1 Å². The van der Waals surface area contributed by atoms with Gasteiger partial charge in [0.2, 0.25) is 0 Å². The van der Waals surface area contributed by atoms with Gasteiger partial charge in [0, 0.05) is 5.92 Å². The summed E-state index contributed by atoms with van der Waals surface area (Å²) in [5.41, 5.74) is 0.990. The first-order valence-electron chi connectivity index (χ1n) is 3.82. The van der Waals surface area contributed by atoms with Crippen molar-refractivity contribution in [2.75, 3.05) is 0 Å². The van der Waals surface area contributed by atoms with E-state index >= 15 is 0 Å². The molecule has 0 aliphatic heterocycles. The second-order valence-corrected chi connectivity index (χ2v) is 4.77. The largest absolute Gasteiger partial charge is 0.293 e. The van der Waals surface area contributed by atoms with Gasteiger partial charge in [0.1, 0.15) is 0 Å². The maximum Gasteiger partial charge on any atom is 0.175 e. The minimum Gasteiger partial charge on any atom is -0.293 e. The Labute approximate surface area is 81.4 Å². The normalized spacial score (nSPS) is 10.8. The fourth-order valence-electron chi connectivity index (χ4n) is 0.950. The smallest absolute Gasteiger partial charge is 0.175 e. The standard InChI is InChI=1S/C9H11ClOS/c1-5(2)8(11)9-6(3)4-7(10)12-9/h4-5H,1-3H3. The summed E-state index contributed by atoms with van der Waals surface area (Å²) in [7, 11) is 0. The first kappa shape index (κ1) is 9.75. The van der Waals surface area contributed by atoms with Crippen molar-refractivity contribution in [1.29, 1.82) is 0 Å². The Morgan fingerprint density at radius 1 is 1.58 bits per heavy atom. The fraction of sp³-hybridized carbons (Fsp3) is 0.444. The zero-order chi connectivity index (χ0) is 9.30. The van der Waals surface area contributed by atoms with Gasteiger partial charge in [-0.3, -0.25) is 4.79 Å². The Morgan fingerprint density at radius 2 is 2.17 bits per heavy atom. The van der Waals surface area contributed by atoms with Crippen LogP contribution in [0.5, 0.6) is 0 Å². The molecule has 0 aliphatic rings. The van der Waals surface area contributed by atoms with E-state index in [-0.39, 0.29) is 11.7 Å². The first-order valence-corrected chi connectivity index (χ1v) is 5.02. The number of hydrogen-bond donors (Lipinski definition) is 0. The van der Waals surface area contributed by atoms with Crippen LogP contribution in [0.15, 0.2) is 6.07 Å². The van der Waals surface area contributed by atoms with Crippen molar-refractivity contribution in [3.8, 4) is 0 Å². The molecule has 0 atom stereocenters. The van der Waals surface area contributed by atoms with Crippen LogP contribution in [-0.4, -0.2) is 5.78 Å². The molecule has 0 fully saturated rings. The van der Waals surface area contributed by atoms with Gasteiger partial charge in [-0.05, 0) is 18.6 Å². The summed E-state index contributed by atoms with van der Waals surface area (Å²) in [5, 5.41) is 0. The van der Waals surface area contributed by atoms with E-state index in [0.29, 0.717) is 4.34 Å². The van der Waals surface area contributed by atoms with E-state index in [2.05, 4.69) is 0 Å². The second kappa shape index (κ2) is 3.58. The van der Waals surface area contributed by atoms with Crippen molar-refractivity contribution >= 4 is 28.7 Å². The van der Waals surface area contributed by atoms with Crippen molar-refractivity contribution in [3.63, 3.8) is 0 Å². The molecule has 0 saturated heterocycles. The van der Waals surface area contributed by atoms with Crippen molar-refractivity contribution < 1.29 is 4.79 Å². The number of aryl methyl sites for hydroxylation is 1. The lowest BCUT2D eigenvalue weighted by molar-refractivity contribution is 0.0943. The summed E-state index contributed by atoms with van der Waals surface area (Å²) in [6, 6.07) is 1.84. The molecule has 0 amide bonds. The predicted molar refractivity (Wildman–Crippen MR) is 53.2 cm³/mol. The van der Waals surface area contributed by atoms with Gasteiger partial charge in [0.05, 0.1) is 9.21 Å². The quantitative estimate of drug-likeness (QED) is 0.671. The second-order valence-electron chi connectivity index (χ2n) is 3.08. The van der Waals surface area contributed by atoms with Crippen molar-refractivity contribution in [2.45, 2.75) is 20.8 Å². The van der Waals surface area contributed by atoms with E-state index < -0.39 is 0 Å². The van der Waals surface area contributed by atoms with Gasteiger partial charge in [-0.2, -0.15) is 0 Å². The molecule has 66 valence electrons. The van der Waals surface area contributed by atoms with Gasteiger partial charge in [-0.1, -0.05) is 25.4 Å². The Kier molecular flexibility index (Phi) is 2.91. The molecule has 0 saturated carbocycles. The molecule has 3 heteroatoms. The fourth-order valence-corrected chi connectivity index (χ4v) is 2.33. The van der Waals surface area contributed by atoms with E-state index in [1.54, 1.807) is 0 Å². The molecular formula is C9H11ClOS. The third kappa shape index (κ3) is 1.87. The number of carbonyl (C=O) groups excluding carboxylic acids is 1. The molecule has 0 aromatic carbocycles. The van der Waals surface area contributed by atoms with Gasteiger partial charge >= 0.3 is 0 Å². The van der Waals surface area contributed by atoms with E-state index in [9.17, 15) is 4.79 Å². The highest BCUT2D eigenvalue weighted by Crippen LogP contribution is 2.27. The summed E-state index contributed by atoms with van der Waals surface area (Å²) in [5.74, 6) is 0.239. The van der Waals surface area contributed by atoms with E-state index in [4.69, 9.17) is 11.6 Å². The molecule has 1 rings (SSSR count). The Morgan fingerprint density at radius 3 is 2.50 bits per heavy atom. The maximum atomic E-state index is 11.5. The first-order chi connectivity index (χ1) is 5.52. The highest BCUT2D eigenvalue weighted by atomic mass is 35.5. The van der Waals surface area contributed by atoms with Crippen LogP contribution in [0.3, 0.4) is 0 Å². The summed E-state index contributed by atoms with van der Waals surface area (Å²) >= 11 is 7.15. The molecule has 1 aromatic rings. The van der Waals surface area contributed by atoms with Crippen LogP contribution in [0.25, 0.3) is 0 Å². The minimum absolute atomic E-state index is 0.0541. The summed E-state index contributed by atoms with van der Waals surface area (Å²) in [4.78, 5) is 12.3. The van der Waals surface area contributed by atoms with Gasteiger partial charge in [0.15, 0.2) is 5.78 Å². The molecule has 0 N–H and O–H groups in total. The zero-order valence-corrected chi connectivity index (χ0v) is 8.92. The van der Waals surface area contributed by atoms with Crippen LogP contribution in [0, 0.1) is 12.8 Å². The Bertz CT molecular complexity index is 301. The highest BCUT2D eigenvalue weighted by molar-refractivity contribution is 7.18. The molecule has 1 nitrogen and oxygen atoms in total. The van der Waals surface area contributed by atoms with E-state index in [1.807, 2.05) is 26.8 Å². The summed E-state index contributed by atoms with van der Waals surface area (Å²) in [6.45, 7) is 5.71. The zero-order valence-electron chi connectivity index (χ0n) is 7.35. The lowest BCUT2D eigenvalue weighted by atomic mass is 10.1. The van der Waals surface area contributed by atoms with E-state index in [1.165, 1.54) is 11.3 Å². The van der Waals surface area contributed by atoms with Crippen molar-refractivity contribution in [3.05, 3.63) is 20.8 Å². The number of carbonyl (C=O) groups is 1. The monoisotopic (exact) mass is 202 g/mol. The van der Waals surface area contributed by atoms with Gasteiger partial charge in [-0.25, -0.2) is 0 Å². The third-order valence-electron chi connectivity index (χ3n) is 1.64. The van der Waals surface area contributed by atoms with Crippen LogP contribution in [0.1, 0.15) is 29.1 Å². The van der Waals surface area contributed by atoms with Crippen LogP contribution < -0.4 is 0 Å². The van der Waals surface area contributed by atoms with Gasteiger partial charge in [-0.15, -0.1) is 11.3 Å². The molecule has 0 aliphatic carbocycles. The lowest BCUT2D eigenvalue weighted by Gasteiger charge is -2.01. The lowest BCUT2D eigenvalue weighted by Crippen LogP contribution is -2.06. The number of ketones is 1. The molecule has 0 radical (unpaired) electrons. The van der Waals surface area contributed by atoms with Crippen LogP contribution in [-0.2, 0) is 0 Å². The van der Waals surface area contributed by atoms with Crippen molar-refractivity contribution in [1.82, 2.24) is 0 Å². The van der Waals surface area contributed by atoms with Crippen molar-refractivity contribution in [2.24, 2.45) is 5.92 Å². The Hall–Kier alpha value is -0.340. The molecular weight excluding hydrogens is 192 g/mol. The third-order valence-corrected chi connectivity index (χ3v) is 3.02. The number of Topliss-reactive ketones (excluding diaryl/α,β-unsaturated/α-hetero) is 1. The molecule has 1 aromatic heterocycles. The maximum absolute atomic E-state index is 11.5. The number of hydrogen-bond acceptors (Lipinski definition) is 2. The molecule has 0 unspecified atom stereocenters. The number of thiophene rings is 1. The summed E-state index contributed by atoms with van der Waals surface area (Å²) < 4.78 is 0.691. The number of halogens is 1. The van der Waals surface area contributed by atoms with Gasteiger partial charge < -0.3 is 0 Å². The molecule has 1 heterocycles. The molecule has 12 heavy (non-hydrogen) atoms. The number of rotatable bonds is 2. The van der Waals surface area contributed by atoms with Gasteiger partial charge in [0.25, 0.3) is 0 Å². The van der Waals surface area contributed by atoms with Crippen LogP contribution in [0.4, 0.5) is 0 Å². The highest BCUT2D eigenvalue weighted by Gasteiger charge is 2.15. The van der Waals surface area contributed by atoms with Crippen LogP contribution >= 0.6 is 22.9 Å². The average molecular weight is 203 g/mol. The minimum atomic E-state index is 0.0541. The summed E-state index contributed by atoms with van der Waals surface area (Å²) in [6.07, 6.45) is 0.